The highest BCUT2D eigenvalue weighted by Crippen LogP contribution is 2.36. The lowest BCUT2D eigenvalue weighted by Crippen LogP contribution is -2.52. The molecule has 0 amide bonds. The molecule has 0 spiro atoms. The van der Waals surface area contributed by atoms with Gasteiger partial charge in [0.2, 0.25) is 5.95 Å². The van der Waals surface area contributed by atoms with Crippen LogP contribution in [0, 0.1) is 0 Å². The lowest BCUT2D eigenvalue weighted by atomic mass is 10.1. The molecule has 162 valence electrons. The van der Waals surface area contributed by atoms with E-state index in [1.165, 1.54) is 23.0 Å². The van der Waals surface area contributed by atoms with Gasteiger partial charge >= 0.3 is 6.18 Å². The third-order valence-corrected chi connectivity index (χ3v) is 5.81. The molecule has 0 aromatic carbocycles. The Balaban J connectivity index is 1.80. The number of rotatable bonds is 3. The van der Waals surface area contributed by atoms with Crippen molar-refractivity contribution in [3.63, 3.8) is 0 Å². The number of nitrogens with zero attached hydrogens (tertiary/aromatic N) is 5. The maximum atomic E-state index is 13.9. The number of morpholine rings is 1. The van der Waals surface area contributed by atoms with Gasteiger partial charge in [0.25, 0.3) is 5.56 Å². The minimum atomic E-state index is -4.48. The molecule has 0 N–H and O–H groups in total. The Hall–Kier alpha value is -2.33. The van der Waals surface area contributed by atoms with E-state index in [1.807, 2.05) is 11.8 Å². The van der Waals surface area contributed by atoms with E-state index in [0.717, 1.165) is 4.90 Å². The standard InChI is InChI=1S/C19H21ClF3N5O2/c1-12-11-30-7-6-26(12)16-8-17(29)27-5-3-15(19(21,22)23)28(18(27)25-16)10-13-2-4-24-9-14(13)20/h2,4,8-9,12,15H,3,5-7,10-11H2,1H3/t12-,15+/m1/s1. The van der Waals surface area contributed by atoms with Gasteiger partial charge in [0, 0.05) is 38.1 Å². The zero-order valence-corrected chi connectivity index (χ0v) is 17.0. The first kappa shape index (κ1) is 20.9. The van der Waals surface area contributed by atoms with E-state index in [2.05, 4.69) is 9.97 Å². The number of anilines is 2. The molecule has 11 heteroatoms. The maximum absolute atomic E-state index is 13.9. The Bertz CT molecular complexity index is 983. The highest BCUT2D eigenvalue weighted by atomic mass is 35.5. The average molecular weight is 444 g/mol. The molecule has 1 fully saturated rings. The maximum Gasteiger partial charge on any atom is 0.408 e. The van der Waals surface area contributed by atoms with Gasteiger partial charge in [-0.15, -0.1) is 0 Å². The van der Waals surface area contributed by atoms with Crippen LogP contribution in [0.1, 0.15) is 18.9 Å². The predicted octanol–water partition coefficient (Wildman–Crippen LogP) is 2.86. The Labute approximate surface area is 176 Å². The smallest absolute Gasteiger partial charge is 0.377 e. The Morgan fingerprint density at radius 2 is 2.13 bits per heavy atom. The molecule has 2 aliphatic heterocycles. The van der Waals surface area contributed by atoms with Crippen molar-refractivity contribution in [2.24, 2.45) is 0 Å². The molecule has 0 bridgehead atoms. The number of pyridine rings is 1. The van der Waals surface area contributed by atoms with E-state index in [0.29, 0.717) is 31.1 Å². The molecule has 1 saturated heterocycles. The van der Waals surface area contributed by atoms with Gasteiger partial charge < -0.3 is 14.5 Å². The number of ether oxygens (including phenoxy) is 1. The zero-order chi connectivity index (χ0) is 21.5. The molecule has 2 atom stereocenters. The normalized spacial score (nSPS) is 22.2. The van der Waals surface area contributed by atoms with Crippen LogP contribution in [0.4, 0.5) is 24.9 Å². The summed E-state index contributed by atoms with van der Waals surface area (Å²) in [5.41, 5.74) is 0.105. The van der Waals surface area contributed by atoms with Gasteiger partial charge in [-0.1, -0.05) is 11.6 Å². The Morgan fingerprint density at radius 1 is 1.33 bits per heavy atom. The first-order valence-corrected chi connectivity index (χ1v) is 10.0. The molecule has 0 aliphatic carbocycles. The molecule has 4 rings (SSSR count). The molecular formula is C19H21ClF3N5O2. The van der Waals surface area contributed by atoms with Crippen LogP contribution in [-0.4, -0.2) is 52.6 Å². The van der Waals surface area contributed by atoms with Crippen LogP contribution >= 0.6 is 11.6 Å². The van der Waals surface area contributed by atoms with Crippen LogP contribution in [0.25, 0.3) is 0 Å². The molecule has 7 nitrogen and oxygen atoms in total. The third-order valence-electron chi connectivity index (χ3n) is 5.47. The first-order valence-electron chi connectivity index (χ1n) is 9.63. The summed E-state index contributed by atoms with van der Waals surface area (Å²) in [5.74, 6) is 0.355. The van der Waals surface area contributed by atoms with Gasteiger partial charge in [-0.05, 0) is 25.0 Å². The molecule has 0 unspecified atom stereocenters. The molecule has 2 aromatic rings. The number of hydrogen-bond donors (Lipinski definition) is 0. The third kappa shape index (κ3) is 3.98. The minimum Gasteiger partial charge on any atom is -0.377 e. The summed E-state index contributed by atoms with van der Waals surface area (Å²) in [6, 6.07) is 1.14. The van der Waals surface area contributed by atoms with Gasteiger partial charge in [0.1, 0.15) is 11.9 Å². The summed E-state index contributed by atoms with van der Waals surface area (Å²) >= 11 is 6.15. The minimum absolute atomic E-state index is 0.00218. The van der Waals surface area contributed by atoms with Crippen LogP contribution < -0.4 is 15.4 Å². The highest BCUT2D eigenvalue weighted by molar-refractivity contribution is 6.31. The van der Waals surface area contributed by atoms with E-state index in [4.69, 9.17) is 16.3 Å². The van der Waals surface area contributed by atoms with Crippen molar-refractivity contribution in [3.05, 3.63) is 45.5 Å². The van der Waals surface area contributed by atoms with Crippen molar-refractivity contribution >= 4 is 23.4 Å². The summed E-state index contributed by atoms with van der Waals surface area (Å²) in [7, 11) is 0. The SMILES string of the molecule is C[C@@H]1COCCN1c1cc(=O)n2c(n1)N(Cc1ccncc1Cl)[C@H](C(F)(F)F)CC2. The van der Waals surface area contributed by atoms with E-state index >= 15 is 0 Å². The second kappa shape index (κ2) is 8.07. The fourth-order valence-corrected chi connectivity index (χ4v) is 4.09. The van der Waals surface area contributed by atoms with Crippen molar-refractivity contribution in [3.8, 4) is 0 Å². The summed E-state index contributed by atoms with van der Waals surface area (Å²) in [4.78, 5) is 24.2. The molecule has 30 heavy (non-hydrogen) atoms. The second-order valence-electron chi connectivity index (χ2n) is 7.46. The van der Waals surface area contributed by atoms with Gasteiger partial charge in [0.05, 0.1) is 24.3 Å². The largest absolute Gasteiger partial charge is 0.408 e. The quantitative estimate of drug-likeness (QED) is 0.727. The monoisotopic (exact) mass is 443 g/mol. The van der Waals surface area contributed by atoms with E-state index in [9.17, 15) is 18.0 Å². The fraction of sp³-hybridized carbons (Fsp3) is 0.526. The van der Waals surface area contributed by atoms with Gasteiger partial charge in [-0.2, -0.15) is 18.2 Å². The summed E-state index contributed by atoms with van der Waals surface area (Å²) < 4.78 is 48.3. The Morgan fingerprint density at radius 3 is 2.83 bits per heavy atom. The molecule has 0 radical (unpaired) electrons. The number of alkyl halides is 3. The van der Waals surface area contributed by atoms with Crippen LogP contribution in [-0.2, 0) is 17.8 Å². The summed E-state index contributed by atoms with van der Waals surface area (Å²) in [6.45, 7) is 3.17. The Kier molecular flexibility index (Phi) is 5.63. The van der Waals surface area contributed by atoms with Crippen LogP contribution in [0.3, 0.4) is 0 Å². The molecule has 0 saturated carbocycles. The number of halogens is 4. The first-order chi connectivity index (χ1) is 14.3. The van der Waals surface area contributed by atoms with Crippen LogP contribution in [0.15, 0.2) is 29.3 Å². The summed E-state index contributed by atoms with van der Waals surface area (Å²) in [5, 5.41) is 0.260. The van der Waals surface area contributed by atoms with E-state index in [-0.39, 0.29) is 42.1 Å². The number of fused-ring (bicyclic) bond motifs is 1. The van der Waals surface area contributed by atoms with E-state index in [1.54, 1.807) is 6.07 Å². The molecular weight excluding hydrogens is 423 g/mol. The second-order valence-corrected chi connectivity index (χ2v) is 7.87. The predicted molar refractivity (Wildman–Crippen MR) is 106 cm³/mol. The number of hydrogen-bond acceptors (Lipinski definition) is 6. The van der Waals surface area contributed by atoms with Crippen molar-refractivity contribution in [1.82, 2.24) is 14.5 Å². The van der Waals surface area contributed by atoms with Crippen molar-refractivity contribution < 1.29 is 17.9 Å². The van der Waals surface area contributed by atoms with Crippen molar-refractivity contribution in [2.45, 2.75) is 44.7 Å². The highest BCUT2D eigenvalue weighted by Gasteiger charge is 2.47. The molecule has 2 aliphatic rings. The average Bonchev–Trinajstić information content (AvgIpc) is 2.69. The molecule has 4 heterocycles. The zero-order valence-electron chi connectivity index (χ0n) is 16.3. The number of aromatic nitrogens is 3. The molecule has 2 aromatic heterocycles. The lowest BCUT2D eigenvalue weighted by molar-refractivity contribution is -0.153. The van der Waals surface area contributed by atoms with Crippen LogP contribution in [0.2, 0.25) is 5.02 Å². The lowest BCUT2D eigenvalue weighted by Gasteiger charge is -2.40. The van der Waals surface area contributed by atoms with Crippen molar-refractivity contribution in [2.75, 3.05) is 29.6 Å². The van der Waals surface area contributed by atoms with E-state index < -0.39 is 12.2 Å². The fourth-order valence-electron chi connectivity index (χ4n) is 3.91. The topological polar surface area (TPSA) is 63.5 Å². The van der Waals surface area contributed by atoms with Crippen molar-refractivity contribution in [1.29, 1.82) is 0 Å². The van der Waals surface area contributed by atoms with Crippen LogP contribution in [0.5, 0.6) is 0 Å². The summed E-state index contributed by atoms with van der Waals surface area (Å²) in [6.07, 6.45) is -1.87. The van der Waals surface area contributed by atoms with Gasteiger partial charge in [-0.3, -0.25) is 14.3 Å². The van der Waals surface area contributed by atoms with Gasteiger partial charge in [0.15, 0.2) is 0 Å². The van der Waals surface area contributed by atoms with Gasteiger partial charge in [-0.25, -0.2) is 0 Å².